The van der Waals surface area contributed by atoms with Gasteiger partial charge in [0.15, 0.2) is 0 Å². The van der Waals surface area contributed by atoms with E-state index in [1.807, 2.05) is 7.05 Å². The van der Waals surface area contributed by atoms with Crippen molar-refractivity contribution in [2.24, 2.45) is 0 Å². The van der Waals surface area contributed by atoms with E-state index in [2.05, 4.69) is 20.6 Å². The van der Waals surface area contributed by atoms with Crippen molar-refractivity contribution in [3.63, 3.8) is 0 Å². The number of hydrogen-bond donors (Lipinski definition) is 2. The molecule has 54 valence electrons. The van der Waals surface area contributed by atoms with Gasteiger partial charge in [-0.1, -0.05) is 0 Å². The molecule has 0 amide bonds. The van der Waals surface area contributed by atoms with Gasteiger partial charge in [-0.15, -0.1) is 0 Å². The van der Waals surface area contributed by atoms with Crippen LogP contribution >= 0.6 is 0 Å². The molecular formula is C6H10N4. The van der Waals surface area contributed by atoms with Crippen LogP contribution in [0.2, 0.25) is 0 Å². The molecule has 4 heteroatoms. The van der Waals surface area contributed by atoms with Crippen LogP contribution in [0.5, 0.6) is 0 Å². The SMILES string of the molecule is CNc1ccnc(NC)n1. The molecule has 0 atom stereocenters. The summed E-state index contributed by atoms with van der Waals surface area (Å²) in [4.78, 5) is 8.02. The Labute approximate surface area is 59.7 Å². The molecule has 1 aromatic heterocycles. The van der Waals surface area contributed by atoms with Gasteiger partial charge >= 0.3 is 0 Å². The lowest BCUT2D eigenvalue weighted by atomic mass is 10.6. The molecule has 0 aromatic carbocycles. The summed E-state index contributed by atoms with van der Waals surface area (Å²) in [5.74, 6) is 1.45. The third-order valence-corrected chi connectivity index (χ3v) is 1.14. The molecule has 10 heavy (non-hydrogen) atoms. The summed E-state index contributed by atoms with van der Waals surface area (Å²) >= 11 is 0. The summed E-state index contributed by atoms with van der Waals surface area (Å²) in [5.41, 5.74) is 0. The zero-order chi connectivity index (χ0) is 7.40. The topological polar surface area (TPSA) is 49.8 Å². The molecule has 2 N–H and O–H groups in total. The Bertz CT molecular complexity index is 191. The van der Waals surface area contributed by atoms with E-state index < -0.39 is 0 Å². The smallest absolute Gasteiger partial charge is 0.224 e. The third-order valence-electron chi connectivity index (χ3n) is 1.14. The predicted octanol–water partition coefficient (Wildman–Crippen LogP) is 0.560. The van der Waals surface area contributed by atoms with Gasteiger partial charge in [0.25, 0.3) is 0 Å². The van der Waals surface area contributed by atoms with E-state index in [4.69, 9.17) is 0 Å². The van der Waals surface area contributed by atoms with Crippen molar-refractivity contribution >= 4 is 11.8 Å². The monoisotopic (exact) mass is 138 g/mol. The highest BCUT2D eigenvalue weighted by atomic mass is 15.1. The molecule has 0 radical (unpaired) electrons. The van der Waals surface area contributed by atoms with E-state index in [9.17, 15) is 0 Å². The number of nitrogens with zero attached hydrogens (tertiary/aromatic N) is 2. The summed E-state index contributed by atoms with van der Waals surface area (Å²) in [6.45, 7) is 0. The van der Waals surface area contributed by atoms with Crippen molar-refractivity contribution in [1.29, 1.82) is 0 Å². The fourth-order valence-corrected chi connectivity index (χ4v) is 0.618. The minimum Gasteiger partial charge on any atom is -0.373 e. The van der Waals surface area contributed by atoms with Crippen LogP contribution in [0.3, 0.4) is 0 Å². The Morgan fingerprint density at radius 3 is 2.70 bits per heavy atom. The van der Waals surface area contributed by atoms with Gasteiger partial charge in [-0.25, -0.2) is 4.98 Å². The first-order valence-electron chi connectivity index (χ1n) is 3.05. The first-order chi connectivity index (χ1) is 4.86. The number of aromatic nitrogens is 2. The third kappa shape index (κ3) is 1.34. The van der Waals surface area contributed by atoms with Gasteiger partial charge in [0.05, 0.1) is 0 Å². The normalized spacial score (nSPS) is 9.00. The van der Waals surface area contributed by atoms with Gasteiger partial charge < -0.3 is 10.6 Å². The highest BCUT2D eigenvalue weighted by Crippen LogP contribution is 2.02. The van der Waals surface area contributed by atoms with Crippen LogP contribution < -0.4 is 10.6 Å². The van der Waals surface area contributed by atoms with Crippen LogP contribution in [0.25, 0.3) is 0 Å². The molecule has 1 aromatic rings. The van der Waals surface area contributed by atoms with E-state index >= 15 is 0 Å². The molecule has 0 unspecified atom stereocenters. The van der Waals surface area contributed by atoms with Crippen molar-refractivity contribution in [3.8, 4) is 0 Å². The van der Waals surface area contributed by atoms with E-state index in [1.54, 1.807) is 19.3 Å². The lowest BCUT2D eigenvalue weighted by Gasteiger charge is -1.99. The minimum absolute atomic E-state index is 0.631. The molecule has 1 heterocycles. The van der Waals surface area contributed by atoms with E-state index in [1.165, 1.54) is 0 Å². The summed E-state index contributed by atoms with van der Waals surface area (Å²) in [5, 5.41) is 5.75. The van der Waals surface area contributed by atoms with Crippen molar-refractivity contribution < 1.29 is 0 Å². The zero-order valence-electron chi connectivity index (χ0n) is 6.05. The van der Waals surface area contributed by atoms with Gasteiger partial charge in [-0.2, -0.15) is 4.98 Å². The quantitative estimate of drug-likeness (QED) is 0.627. The van der Waals surface area contributed by atoms with Gasteiger partial charge in [0.1, 0.15) is 5.82 Å². The Morgan fingerprint density at radius 1 is 1.30 bits per heavy atom. The Morgan fingerprint density at radius 2 is 2.10 bits per heavy atom. The summed E-state index contributed by atoms with van der Waals surface area (Å²) in [6, 6.07) is 1.81. The molecule has 0 spiro atoms. The molecule has 0 aliphatic rings. The number of anilines is 2. The zero-order valence-corrected chi connectivity index (χ0v) is 6.05. The molecule has 0 saturated carbocycles. The first-order valence-corrected chi connectivity index (χ1v) is 3.05. The molecular weight excluding hydrogens is 128 g/mol. The average Bonchev–Trinajstić information content (AvgIpc) is 2.05. The minimum atomic E-state index is 0.631. The summed E-state index contributed by atoms with van der Waals surface area (Å²) in [7, 11) is 3.61. The highest BCUT2D eigenvalue weighted by Gasteiger charge is 1.91. The van der Waals surface area contributed by atoms with Crippen LogP contribution in [0.15, 0.2) is 12.3 Å². The fourth-order valence-electron chi connectivity index (χ4n) is 0.618. The first kappa shape index (κ1) is 6.80. The number of rotatable bonds is 2. The summed E-state index contributed by atoms with van der Waals surface area (Å²) < 4.78 is 0. The van der Waals surface area contributed by atoms with Crippen LogP contribution in [0.1, 0.15) is 0 Å². The van der Waals surface area contributed by atoms with Gasteiger partial charge in [-0.3, -0.25) is 0 Å². The maximum absolute atomic E-state index is 4.08. The Balaban J connectivity index is 2.87. The average molecular weight is 138 g/mol. The lowest BCUT2D eigenvalue weighted by Crippen LogP contribution is -1.98. The second kappa shape index (κ2) is 3.00. The number of nitrogens with one attached hydrogen (secondary N) is 2. The Kier molecular flexibility index (Phi) is 2.04. The van der Waals surface area contributed by atoms with Crippen molar-refractivity contribution in [2.75, 3.05) is 24.7 Å². The van der Waals surface area contributed by atoms with E-state index in [-0.39, 0.29) is 0 Å². The standard InChI is InChI=1S/C6H10N4/c1-7-5-3-4-9-6(8-2)10-5/h3-4H,1-2H3,(H2,7,8,9,10). The highest BCUT2D eigenvalue weighted by molar-refractivity contribution is 5.38. The molecule has 0 saturated heterocycles. The van der Waals surface area contributed by atoms with Crippen molar-refractivity contribution in [2.45, 2.75) is 0 Å². The molecule has 4 nitrogen and oxygen atoms in total. The lowest BCUT2D eigenvalue weighted by molar-refractivity contribution is 1.14. The van der Waals surface area contributed by atoms with Crippen LogP contribution in [-0.2, 0) is 0 Å². The van der Waals surface area contributed by atoms with Crippen molar-refractivity contribution in [3.05, 3.63) is 12.3 Å². The molecule has 0 aliphatic heterocycles. The molecule has 0 fully saturated rings. The maximum atomic E-state index is 4.08. The summed E-state index contributed by atoms with van der Waals surface area (Å²) in [6.07, 6.45) is 1.70. The van der Waals surface area contributed by atoms with Gasteiger partial charge in [0, 0.05) is 20.3 Å². The molecule has 0 aliphatic carbocycles. The second-order valence-electron chi connectivity index (χ2n) is 1.77. The molecule has 1 rings (SSSR count). The van der Waals surface area contributed by atoms with Gasteiger partial charge in [-0.05, 0) is 6.07 Å². The van der Waals surface area contributed by atoms with Crippen LogP contribution in [0.4, 0.5) is 11.8 Å². The Hall–Kier alpha value is -1.32. The van der Waals surface area contributed by atoms with Crippen LogP contribution in [-0.4, -0.2) is 24.1 Å². The predicted molar refractivity (Wildman–Crippen MR) is 41.1 cm³/mol. The number of hydrogen-bond acceptors (Lipinski definition) is 4. The second-order valence-corrected chi connectivity index (χ2v) is 1.77. The van der Waals surface area contributed by atoms with Crippen LogP contribution in [0, 0.1) is 0 Å². The largest absolute Gasteiger partial charge is 0.373 e. The molecule has 0 bridgehead atoms. The van der Waals surface area contributed by atoms with Crippen molar-refractivity contribution in [1.82, 2.24) is 9.97 Å². The van der Waals surface area contributed by atoms with E-state index in [0.29, 0.717) is 5.95 Å². The van der Waals surface area contributed by atoms with Gasteiger partial charge in [0.2, 0.25) is 5.95 Å². The fraction of sp³-hybridized carbons (Fsp3) is 0.333. The van der Waals surface area contributed by atoms with E-state index in [0.717, 1.165) is 5.82 Å². The maximum Gasteiger partial charge on any atom is 0.224 e.